The van der Waals surface area contributed by atoms with E-state index in [1.807, 2.05) is 42.5 Å². The molecule has 11 heteroatoms. The van der Waals surface area contributed by atoms with Crippen LogP contribution in [0.5, 0.6) is 0 Å². The van der Waals surface area contributed by atoms with Crippen LogP contribution in [0.15, 0.2) is 60.7 Å². The van der Waals surface area contributed by atoms with Crippen molar-refractivity contribution in [2.24, 2.45) is 5.92 Å². The van der Waals surface area contributed by atoms with Crippen molar-refractivity contribution in [2.75, 3.05) is 20.2 Å². The number of rotatable bonds is 8. The molecule has 0 saturated carbocycles. The Kier molecular flexibility index (Phi) is 8.24. The predicted octanol–water partition coefficient (Wildman–Crippen LogP) is 6.95. The van der Waals surface area contributed by atoms with E-state index in [1.54, 1.807) is 18.2 Å². The van der Waals surface area contributed by atoms with Gasteiger partial charge in [-0.25, -0.2) is 9.83 Å². The van der Waals surface area contributed by atoms with E-state index in [2.05, 4.69) is 14.8 Å². The van der Waals surface area contributed by atoms with Crippen LogP contribution in [0.25, 0.3) is 27.0 Å². The van der Waals surface area contributed by atoms with Crippen molar-refractivity contribution in [1.29, 1.82) is 0 Å². The molecular formula is C28H26Cl2N4O4S. The normalized spacial score (nSPS) is 15.8. The Bertz CT molecular complexity index is 1590. The minimum atomic E-state index is -3.72. The summed E-state index contributed by atoms with van der Waals surface area (Å²) in [6, 6.07) is 19.0. The second-order valence-corrected chi connectivity index (χ2v) is 11.9. The highest BCUT2D eigenvalue weighted by atomic mass is 35.5. The number of benzene rings is 3. The summed E-state index contributed by atoms with van der Waals surface area (Å²) in [5.74, 6) is 0.721. The summed E-state index contributed by atoms with van der Waals surface area (Å²) < 4.78 is 36.9. The number of aromatic amines is 1. The first kappa shape index (κ1) is 27.6. The Morgan fingerprint density at radius 3 is 2.49 bits per heavy atom. The van der Waals surface area contributed by atoms with Gasteiger partial charge in [0.15, 0.2) is 5.69 Å². The summed E-state index contributed by atoms with van der Waals surface area (Å²) in [7, 11) is -2.54. The van der Waals surface area contributed by atoms with Crippen LogP contribution in [0.1, 0.15) is 30.3 Å². The van der Waals surface area contributed by atoms with Crippen LogP contribution in [-0.2, 0) is 25.8 Å². The Balaban J connectivity index is 1.39. The fourth-order valence-corrected chi connectivity index (χ4v) is 6.12. The second-order valence-electron chi connectivity index (χ2n) is 9.34. The molecule has 0 amide bonds. The molecule has 1 fully saturated rings. The number of fused-ring (bicyclic) bond motifs is 1. The number of ether oxygens (including phenoxy) is 1. The van der Waals surface area contributed by atoms with E-state index in [-0.39, 0.29) is 18.6 Å². The van der Waals surface area contributed by atoms with E-state index in [4.69, 9.17) is 38.7 Å². The Hall–Kier alpha value is -2.97. The van der Waals surface area contributed by atoms with E-state index in [9.17, 15) is 8.42 Å². The number of H-pyrrole nitrogens is 1. The van der Waals surface area contributed by atoms with Gasteiger partial charge in [-0.05, 0) is 53.6 Å². The maximum atomic E-state index is 12.2. The molecule has 1 aliphatic rings. The standard InChI is InChI=1S/C28H26Cl2N4O4S/c1-31-22-5-3-4-21(14-22)18-6-8-19(9-7-18)28(20-10-12-34(13-11-20)39(35,36)37-2)38-17-27-32-25-15-23(29)24(30)16-26(25)33-27/h3-9,14-16,20,28H,10-13,17H2,2H3,(H,32,33). The number of aromatic nitrogens is 2. The van der Waals surface area contributed by atoms with Crippen molar-refractivity contribution in [2.45, 2.75) is 25.6 Å². The van der Waals surface area contributed by atoms with Crippen molar-refractivity contribution in [3.8, 4) is 11.1 Å². The summed E-state index contributed by atoms with van der Waals surface area (Å²) in [6.07, 6.45) is 0.947. The molecule has 0 radical (unpaired) electrons. The molecule has 1 saturated heterocycles. The fourth-order valence-electron chi connectivity index (χ4n) is 4.93. The van der Waals surface area contributed by atoms with Crippen LogP contribution in [0.2, 0.25) is 10.0 Å². The lowest BCUT2D eigenvalue weighted by atomic mass is 9.87. The summed E-state index contributed by atoms with van der Waals surface area (Å²) in [5, 5.41) is 0.874. The maximum Gasteiger partial charge on any atom is 0.338 e. The van der Waals surface area contributed by atoms with E-state index in [1.165, 1.54) is 11.4 Å². The van der Waals surface area contributed by atoms with Crippen LogP contribution < -0.4 is 0 Å². The summed E-state index contributed by atoms with van der Waals surface area (Å²) in [5.41, 5.74) is 4.99. The highest BCUT2D eigenvalue weighted by Crippen LogP contribution is 2.37. The van der Waals surface area contributed by atoms with Crippen molar-refractivity contribution in [3.63, 3.8) is 0 Å². The van der Waals surface area contributed by atoms with Crippen molar-refractivity contribution < 1.29 is 17.3 Å². The Labute approximate surface area is 237 Å². The van der Waals surface area contributed by atoms with Gasteiger partial charge in [-0.15, -0.1) is 0 Å². The molecule has 1 unspecified atom stereocenters. The highest BCUT2D eigenvalue weighted by molar-refractivity contribution is 7.84. The zero-order valence-electron chi connectivity index (χ0n) is 21.1. The number of nitrogens with zero attached hydrogens (tertiary/aromatic N) is 3. The molecule has 39 heavy (non-hydrogen) atoms. The van der Waals surface area contributed by atoms with Gasteiger partial charge in [0.1, 0.15) is 12.4 Å². The first-order valence-corrected chi connectivity index (χ1v) is 14.5. The van der Waals surface area contributed by atoms with E-state index < -0.39 is 10.3 Å². The number of imidazole rings is 1. The molecule has 1 aliphatic heterocycles. The molecule has 5 rings (SSSR count). The molecule has 4 aromatic rings. The van der Waals surface area contributed by atoms with Gasteiger partial charge < -0.3 is 9.72 Å². The fraction of sp³-hybridized carbons (Fsp3) is 0.286. The van der Waals surface area contributed by atoms with E-state index in [0.717, 1.165) is 22.2 Å². The lowest BCUT2D eigenvalue weighted by Crippen LogP contribution is -2.40. The number of nitrogens with one attached hydrogen (secondary N) is 1. The quantitative estimate of drug-likeness (QED) is 0.226. The van der Waals surface area contributed by atoms with Gasteiger partial charge in [0, 0.05) is 13.1 Å². The third kappa shape index (κ3) is 6.12. The first-order valence-electron chi connectivity index (χ1n) is 12.4. The van der Waals surface area contributed by atoms with Gasteiger partial charge in [0.25, 0.3) is 0 Å². The minimum Gasteiger partial charge on any atom is -0.365 e. The van der Waals surface area contributed by atoms with Gasteiger partial charge in [0.05, 0.1) is 40.9 Å². The van der Waals surface area contributed by atoms with Gasteiger partial charge in [-0.2, -0.15) is 12.7 Å². The smallest absolute Gasteiger partial charge is 0.338 e. The summed E-state index contributed by atoms with van der Waals surface area (Å²) in [6.45, 7) is 8.21. The van der Waals surface area contributed by atoms with Crippen LogP contribution in [0.4, 0.5) is 5.69 Å². The molecule has 202 valence electrons. The summed E-state index contributed by atoms with van der Waals surface area (Å²) in [4.78, 5) is 11.4. The number of halogens is 2. The average Bonchev–Trinajstić information content (AvgIpc) is 3.35. The van der Waals surface area contributed by atoms with Crippen molar-refractivity contribution in [1.82, 2.24) is 14.3 Å². The van der Waals surface area contributed by atoms with Crippen molar-refractivity contribution >= 4 is 50.2 Å². The van der Waals surface area contributed by atoms with Gasteiger partial charge >= 0.3 is 10.3 Å². The molecule has 0 aliphatic carbocycles. The largest absolute Gasteiger partial charge is 0.365 e. The zero-order chi connectivity index (χ0) is 27.6. The minimum absolute atomic E-state index is 0.0814. The second kappa shape index (κ2) is 11.6. The average molecular weight is 586 g/mol. The maximum absolute atomic E-state index is 12.2. The number of hydrogen-bond acceptors (Lipinski definition) is 5. The Morgan fingerprint density at radius 2 is 1.79 bits per heavy atom. The third-order valence-corrected chi connectivity index (χ3v) is 9.11. The molecule has 8 nitrogen and oxygen atoms in total. The SMILES string of the molecule is [C-]#[N+]c1cccc(-c2ccc(C(OCc3nc4cc(Cl)c(Cl)cc4[nH]3)C3CCN(S(=O)(=O)OC)CC3)cc2)c1. The molecule has 1 N–H and O–H groups in total. The first-order chi connectivity index (χ1) is 18.8. The topological polar surface area (TPSA) is 88.9 Å². The van der Waals surface area contributed by atoms with Gasteiger partial charge in [-0.3, -0.25) is 4.18 Å². The van der Waals surface area contributed by atoms with Crippen LogP contribution in [0.3, 0.4) is 0 Å². The van der Waals surface area contributed by atoms with E-state index in [0.29, 0.717) is 53.0 Å². The molecule has 1 atom stereocenters. The lowest BCUT2D eigenvalue weighted by Gasteiger charge is -2.35. The van der Waals surface area contributed by atoms with Crippen LogP contribution in [0, 0.1) is 12.5 Å². The van der Waals surface area contributed by atoms with Gasteiger partial charge in [0.2, 0.25) is 0 Å². The number of piperidine rings is 1. The molecular weight excluding hydrogens is 559 g/mol. The molecule has 1 aromatic heterocycles. The Morgan fingerprint density at radius 1 is 1.08 bits per heavy atom. The molecule has 3 aromatic carbocycles. The summed E-state index contributed by atoms with van der Waals surface area (Å²) >= 11 is 12.3. The van der Waals surface area contributed by atoms with Gasteiger partial charge in [-0.1, -0.05) is 65.7 Å². The van der Waals surface area contributed by atoms with Crippen molar-refractivity contribution in [3.05, 3.63) is 93.5 Å². The molecule has 0 bridgehead atoms. The van der Waals surface area contributed by atoms with Crippen LogP contribution in [-0.4, -0.2) is 42.9 Å². The molecule has 2 heterocycles. The molecule has 0 spiro atoms. The van der Waals surface area contributed by atoms with E-state index >= 15 is 0 Å². The monoisotopic (exact) mass is 584 g/mol. The highest BCUT2D eigenvalue weighted by Gasteiger charge is 2.33. The third-order valence-electron chi connectivity index (χ3n) is 6.97. The zero-order valence-corrected chi connectivity index (χ0v) is 23.4. The predicted molar refractivity (Wildman–Crippen MR) is 152 cm³/mol. The number of hydrogen-bond donors (Lipinski definition) is 1. The lowest BCUT2D eigenvalue weighted by molar-refractivity contribution is -0.0183. The van der Waals surface area contributed by atoms with Crippen LogP contribution >= 0.6 is 23.2 Å².